The molecule has 0 aliphatic carbocycles. The van der Waals surface area contributed by atoms with Gasteiger partial charge < -0.3 is 10.8 Å². The highest BCUT2D eigenvalue weighted by Gasteiger charge is 2.07. The van der Waals surface area contributed by atoms with Crippen LogP contribution in [-0.4, -0.2) is 10.0 Å². The van der Waals surface area contributed by atoms with E-state index in [0.717, 1.165) is 4.90 Å². The van der Waals surface area contributed by atoms with E-state index in [1.54, 1.807) is 24.3 Å². The highest BCUT2D eigenvalue weighted by Crippen LogP contribution is 2.35. The number of hydrogen-bond acceptors (Lipinski definition) is 5. The predicted molar refractivity (Wildman–Crippen MR) is 69.7 cm³/mol. The van der Waals surface area contributed by atoms with Gasteiger partial charge in [-0.3, -0.25) is 10.1 Å². The van der Waals surface area contributed by atoms with E-state index in [-0.39, 0.29) is 11.4 Å². The number of hydrogen-bond donors (Lipinski definition) is 2. The highest BCUT2D eigenvalue weighted by atomic mass is 32.2. The summed E-state index contributed by atoms with van der Waals surface area (Å²) >= 11 is 1.32. The molecule has 0 bridgehead atoms. The number of rotatable bonds is 3. The van der Waals surface area contributed by atoms with Crippen molar-refractivity contribution < 1.29 is 10.0 Å². The maximum Gasteiger partial charge on any atom is 0.269 e. The third-order valence-corrected chi connectivity index (χ3v) is 3.33. The largest absolute Gasteiger partial charge is 0.507 e. The average Bonchev–Trinajstić information content (AvgIpc) is 2.33. The van der Waals surface area contributed by atoms with Crippen molar-refractivity contribution in [3.8, 4) is 5.75 Å². The third kappa shape index (κ3) is 2.72. The number of anilines is 1. The molecule has 3 N–H and O–H groups in total. The smallest absolute Gasteiger partial charge is 0.269 e. The van der Waals surface area contributed by atoms with E-state index in [0.29, 0.717) is 10.6 Å². The van der Waals surface area contributed by atoms with Crippen LogP contribution in [0.25, 0.3) is 0 Å². The van der Waals surface area contributed by atoms with E-state index in [1.165, 1.54) is 30.0 Å². The van der Waals surface area contributed by atoms with Gasteiger partial charge in [0.1, 0.15) is 5.75 Å². The van der Waals surface area contributed by atoms with Crippen LogP contribution in [-0.2, 0) is 0 Å². The Morgan fingerprint density at radius 3 is 2.39 bits per heavy atom. The fraction of sp³-hybridized carbons (Fsp3) is 0. The van der Waals surface area contributed by atoms with Crippen molar-refractivity contribution in [2.75, 3.05) is 5.73 Å². The van der Waals surface area contributed by atoms with Crippen molar-refractivity contribution in [2.45, 2.75) is 9.79 Å². The summed E-state index contributed by atoms with van der Waals surface area (Å²) in [6.07, 6.45) is 0. The molecule has 0 saturated heterocycles. The molecule has 0 spiro atoms. The van der Waals surface area contributed by atoms with Crippen molar-refractivity contribution >= 4 is 23.1 Å². The van der Waals surface area contributed by atoms with Crippen molar-refractivity contribution in [1.82, 2.24) is 0 Å². The number of nitrogens with two attached hydrogens (primary N) is 1. The van der Waals surface area contributed by atoms with E-state index in [9.17, 15) is 15.2 Å². The molecule has 0 radical (unpaired) electrons. The molecular weight excluding hydrogens is 252 g/mol. The lowest BCUT2D eigenvalue weighted by Crippen LogP contribution is -1.87. The topological polar surface area (TPSA) is 89.4 Å². The second-order valence-electron chi connectivity index (χ2n) is 3.58. The van der Waals surface area contributed by atoms with Gasteiger partial charge >= 0.3 is 0 Å². The summed E-state index contributed by atoms with van der Waals surface area (Å²) in [5.41, 5.74) is 6.06. The van der Waals surface area contributed by atoms with E-state index < -0.39 is 4.92 Å². The molecule has 0 atom stereocenters. The zero-order valence-corrected chi connectivity index (χ0v) is 10.1. The van der Waals surface area contributed by atoms with E-state index in [4.69, 9.17) is 5.73 Å². The van der Waals surface area contributed by atoms with Gasteiger partial charge in [0, 0.05) is 28.8 Å². The Kier molecular flexibility index (Phi) is 3.38. The van der Waals surface area contributed by atoms with Crippen molar-refractivity contribution in [3.05, 3.63) is 52.6 Å². The molecule has 0 aromatic heterocycles. The SMILES string of the molecule is Nc1ccc(Sc2ccc([N+](=O)[O-])cc2)c(O)c1. The molecule has 0 fully saturated rings. The molecule has 0 unspecified atom stereocenters. The summed E-state index contributed by atoms with van der Waals surface area (Å²) < 4.78 is 0. The van der Waals surface area contributed by atoms with Gasteiger partial charge in [-0.05, 0) is 24.3 Å². The Morgan fingerprint density at radius 1 is 1.17 bits per heavy atom. The number of nitro groups is 1. The number of nitrogen functional groups attached to an aromatic ring is 1. The van der Waals surface area contributed by atoms with E-state index >= 15 is 0 Å². The Hall–Kier alpha value is -2.21. The Morgan fingerprint density at radius 2 is 1.83 bits per heavy atom. The molecule has 2 aromatic carbocycles. The van der Waals surface area contributed by atoms with Crippen LogP contribution in [0.1, 0.15) is 0 Å². The van der Waals surface area contributed by atoms with Gasteiger partial charge in [0.25, 0.3) is 5.69 Å². The Balaban J connectivity index is 2.21. The highest BCUT2D eigenvalue weighted by molar-refractivity contribution is 7.99. The van der Waals surface area contributed by atoms with Crippen LogP contribution < -0.4 is 5.73 Å². The van der Waals surface area contributed by atoms with E-state index in [2.05, 4.69) is 0 Å². The first-order chi connectivity index (χ1) is 8.56. The van der Waals surface area contributed by atoms with Crippen LogP contribution in [0.3, 0.4) is 0 Å². The van der Waals surface area contributed by atoms with Gasteiger partial charge in [0.05, 0.1) is 9.82 Å². The third-order valence-electron chi connectivity index (χ3n) is 2.26. The van der Waals surface area contributed by atoms with Gasteiger partial charge in [-0.25, -0.2) is 0 Å². The fourth-order valence-corrected chi connectivity index (χ4v) is 2.21. The summed E-state index contributed by atoms with van der Waals surface area (Å²) in [5.74, 6) is 0.0957. The van der Waals surface area contributed by atoms with Gasteiger partial charge in [0.2, 0.25) is 0 Å². The molecule has 0 aliphatic heterocycles. The minimum Gasteiger partial charge on any atom is -0.507 e. The lowest BCUT2D eigenvalue weighted by Gasteiger charge is -2.04. The maximum absolute atomic E-state index is 10.5. The molecule has 0 heterocycles. The molecule has 2 rings (SSSR count). The first kappa shape index (κ1) is 12.3. The Labute approximate surface area is 107 Å². The summed E-state index contributed by atoms with van der Waals surface area (Å²) in [6, 6.07) is 11.0. The molecular formula is C12H10N2O3S. The number of phenols is 1. The fourth-order valence-electron chi connectivity index (χ4n) is 1.38. The molecule has 18 heavy (non-hydrogen) atoms. The molecule has 92 valence electrons. The number of phenolic OH excluding ortho intramolecular Hbond substituents is 1. The van der Waals surface area contributed by atoms with Gasteiger partial charge in [-0.2, -0.15) is 0 Å². The minimum absolute atomic E-state index is 0.0425. The zero-order valence-electron chi connectivity index (χ0n) is 9.24. The van der Waals surface area contributed by atoms with Crippen LogP contribution >= 0.6 is 11.8 Å². The van der Waals surface area contributed by atoms with Gasteiger partial charge in [-0.1, -0.05) is 11.8 Å². The number of benzene rings is 2. The van der Waals surface area contributed by atoms with Crippen molar-refractivity contribution in [2.24, 2.45) is 0 Å². The van der Waals surface area contributed by atoms with Crippen molar-refractivity contribution in [3.63, 3.8) is 0 Å². The van der Waals surface area contributed by atoms with Crippen LogP contribution in [0.15, 0.2) is 52.3 Å². The zero-order chi connectivity index (χ0) is 13.1. The molecule has 0 aliphatic rings. The minimum atomic E-state index is -0.449. The lowest BCUT2D eigenvalue weighted by molar-refractivity contribution is -0.384. The summed E-state index contributed by atoms with van der Waals surface area (Å²) in [5, 5.41) is 20.2. The second-order valence-corrected chi connectivity index (χ2v) is 4.70. The number of nitro benzene ring substituents is 1. The molecule has 2 aromatic rings. The first-order valence-electron chi connectivity index (χ1n) is 5.07. The Bertz CT molecular complexity index is 584. The standard InChI is InChI=1S/C12H10N2O3S/c13-8-1-6-12(11(15)7-8)18-10-4-2-9(3-5-10)14(16)17/h1-7,15H,13H2. The predicted octanol–water partition coefficient (Wildman–Crippen LogP) is 3.03. The normalized spacial score (nSPS) is 10.2. The quantitative estimate of drug-likeness (QED) is 0.504. The van der Waals surface area contributed by atoms with Crippen LogP contribution in [0.2, 0.25) is 0 Å². The van der Waals surface area contributed by atoms with Gasteiger partial charge in [0.15, 0.2) is 0 Å². The number of non-ortho nitro benzene ring substituents is 1. The monoisotopic (exact) mass is 262 g/mol. The first-order valence-corrected chi connectivity index (χ1v) is 5.89. The van der Waals surface area contributed by atoms with Crippen LogP contribution in [0, 0.1) is 10.1 Å². The second kappa shape index (κ2) is 4.97. The molecule has 5 nitrogen and oxygen atoms in total. The van der Waals surface area contributed by atoms with Gasteiger partial charge in [-0.15, -0.1) is 0 Å². The number of aromatic hydroxyl groups is 1. The van der Waals surface area contributed by atoms with Crippen LogP contribution in [0.5, 0.6) is 5.75 Å². The van der Waals surface area contributed by atoms with E-state index in [1.807, 2.05) is 0 Å². The molecule has 0 amide bonds. The lowest BCUT2D eigenvalue weighted by atomic mass is 10.3. The molecule has 0 saturated carbocycles. The number of nitrogens with zero attached hydrogens (tertiary/aromatic N) is 1. The molecule has 6 heteroatoms. The summed E-state index contributed by atoms with van der Waals surface area (Å²) in [4.78, 5) is 11.5. The summed E-state index contributed by atoms with van der Waals surface area (Å²) in [6.45, 7) is 0. The summed E-state index contributed by atoms with van der Waals surface area (Å²) in [7, 11) is 0. The maximum atomic E-state index is 10.5. The van der Waals surface area contributed by atoms with Crippen molar-refractivity contribution in [1.29, 1.82) is 0 Å². The average molecular weight is 262 g/mol. The van der Waals surface area contributed by atoms with Crippen LogP contribution in [0.4, 0.5) is 11.4 Å².